The van der Waals surface area contributed by atoms with Gasteiger partial charge in [0.05, 0.1) is 10.2 Å². The van der Waals surface area contributed by atoms with E-state index in [9.17, 15) is 4.79 Å². The summed E-state index contributed by atoms with van der Waals surface area (Å²) in [5.41, 5.74) is 0.860. The van der Waals surface area contributed by atoms with Crippen LogP contribution in [0.4, 0.5) is 5.13 Å². The topological polar surface area (TPSA) is 59.8 Å². The van der Waals surface area contributed by atoms with E-state index in [1.807, 2.05) is 12.3 Å². The number of anilines is 1. The van der Waals surface area contributed by atoms with E-state index < -0.39 is 0 Å². The summed E-state index contributed by atoms with van der Waals surface area (Å²) in [5, 5.41) is 9.41. The number of amides is 1. The number of carbonyl (C=O) groups excluding carboxylic acids is 1. The van der Waals surface area contributed by atoms with Crippen LogP contribution in [-0.2, 0) is 4.79 Å². The van der Waals surface area contributed by atoms with Gasteiger partial charge in [-0.05, 0) is 29.8 Å². The van der Waals surface area contributed by atoms with Crippen LogP contribution in [0.15, 0.2) is 22.2 Å². The fourth-order valence-electron chi connectivity index (χ4n) is 1.27. The van der Waals surface area contributed by atoms with Gasteiger partial charge in [-0.2, -0.15) is 5.10 Å². The molecule has 2 rings (SSSR count). The van der Waals surface area contributed by atoms with E-state index in [2.05, 4.69) is 31.3 Å². The molecule has 1 atom stereocenters. The number of nitrogens with one attached hydrogen (secondary N) is 1. The molecule has 0 spiro atoms. The van der Waals surface area contributed by atoms with Gasteiger partial charge in [0.25, 0.3) is 5.91 Å². The Labute approximate surface area is 111 Å². The number of aromatic nitrogens is 3. The predicted molar refractivity (Wildman–Crippen MR) is 70.1 cm³/mol. The molecule has 1 unspecified atom stereocenters. The molecule has 2 aromatic heterocycles. The summed E-state index contributed by atoms with van der Waals surface area (Å²) in [6.45, 7) is 3.67. The first-order valence-corrected chi connectivity index (χ1v) is 6.67. The third kappa shape index (κ3) is 2.73. The van der Waals surface area contributed by atoms with Gasteiger partial charge in [0, 0.05) is 17.8 Å². The fourth-order valence-corrected chi connectivity index (χ4v) is 2.09. The van der Waals surface area contributed by atoms with Crippen LogP contribution in [0.3, 0.4) is 0 Å². The predicted octanol–water partition coefficient (Wildman–Crippen LogP) is 2.61. The van der Waals surface area contributed by atoms with Gasteiger partial charge in [0.15, 0.2) is 5.13 Å². The van der Waals surface area contributed by atoms with E-state index in [0.29, 0.717) is 5.13 Å². The van der Waals surface area contributed by atoms with Gasteiger partial charge in [0.1, 0.15) is 6.04 Å². The molecule has 0 aliphatic heterocycles. The number of hydrogen-bond acceptors (Lipinski definition) is 4. The summed E-state index contributed by atoms with van der Waals surface area (Å²) >= 11 is 4.76. The Morgan fingerprint density at radius 2 is 2.41 bits per heavy atom. The van der Waals surface area contributed by atoms with Crippen LogP contribution >= 0.6 is 27.3 Å². The SMILES string of the molecule is Cc1nn(C(C)C(=O)Nc2nccs2)cc1Br. The van der Waals surface area contributed by atoms with Gasteiger partial charge in [0.2, 0.25) is 0 Å². The Morgan fingerprint density at radius 3 is 2.94 bits per heavy atom. The lowest BCUT2D eigenvalue weighted by atomic mass is 10.3. The van der Waals surface area contributed by atoms with Crippen molar-refractivity contribution in [2.24, 2.45) is 0 Å². The highest BCUT2D eigenvalue weighted by Gasteiger charge is 2.17. The van der Waals surface area contributed by atoms with Gasteiger partial charge in [-0.15, -0.1) is 11.3 Å². The number of halogens is 1. The summed E-state index contributed by atoms with van der Waals surface area (Å²) in [6, 6.07) is -0.371. The van der Waals surface area contributed by atoms with Gasteiger partial charge < -0.3 is 5.32 Å². The third-order valence-corrected chi connectivity index (χ3v) is 3.76. The lowest BCUT2D eigenvalue weighted by Crippen LogP contribution is -2.24. The molecule has 2 heterocycles. The van der Waals surface area contributed by atoms with E-state index in [-0.39, 0.29) is 11.9 Å². The molecule has 0 aromatic carbocycles. The lowest BCUT2D eigenvalue weighted by Gasteiger charge is -2.10. The number of rotatable bonds is 3. The normalized spacial score (nSPS) is 12.4. The largest absolute Gasteiger partial charge is 0.300 e. The van der Waals surface area contributed by atoms with E-state index >= 15 is 0 Å². The van der Waals surface area contributed by atoms with E-state index in [1.165, 1.54) is 11.3 Å². The van der Waals surface area contributed by atoms with Crippen molar-refractivity contribution >= 4 is 38.3 Å². The van der Waals surface area contributed by atoms with Gasteiger partial charge in [-0.1, -0.05) is 0 Å². The number of thiazole rings is 1. The average Bonchev–Trinajstić information content (AvgIpc) is 2.89. The van der Waals surface area contributed by atoms with Crippen LogP contribution in [0.25, 0.3) is 0 Å². The third-order valence-electron chi connectivity index (χ3n) is 2.30. The van der Waals surface area contributed by atoms with Crippen molar-refractivity contribution in [2.75, 3.05) is 5.32 Å². The first-order chi connectivity index (χ1) is 8.08. The standard InChI is InChI=1S/C10H11BrN4OS/c1-6-8(11)5-15(14-6)7(2)9(16)13-10-12-3-4-17-10/h3-5,7H,1-2H3,(H,12,13,16). The minimum absolute atomic E-state index is 0.130. The number of nitrogens with zero attached hydrogens (tertiary/aromatic N) is 3. The fraction of sp³-hybridized carbons (Fsp3) is 0.300. The zero-order valence-electron chi connectivity index (χ0n) is 9.35. The Kier molecular flexibility index (Phi) is 3.58. The molecule has 0 bridgehead atoms. The van der Waals surface area contributed by atoms with Crippen LogP contribution < -0.4 is 5.32 Å². The minimum Gasteiger partial charge on any atom is -0.300 e. The number of aryl methyl sites for hydroxylation is 1. The summed E-state index contributed by atoms with van der Waals surface area (Å²) < 4.78 is 2.52. The van der Waals surface area contributed by atoms with E-state index in [1.54, 1.807) is 24.0 Å². The maximum absolute atomic E-state index is 11.9. The highest BCUT2D eigenvalue weighted by molar-refractivity contribution is 9.10. The van der Waals surface area contributed by atoms with Crippen molar-refractivity contribution in [1.29, 1.82) is 0 Å². The molecule has 0 aliphatic carbocycles. The zero-order chi connectivity index (χ0) is 12.4. The molecule has 0 fully saturated rings. The smallest absolute Gasteiger partial charge is 0.250 e. The average molecular weight is 315 g/mol. The quantitative estimate of drug-likeness (QED) is 0.947. The summed E-state index contributed by atoms with van der Waals surface area (Å²) in [6.07, 6.45) is 3.45. The molecule has 1 amide bonds. The molecule has 7 heteroatoms. The highest BCUT2D eigenvalue weighted by atomic mass is 79.9. The van der Waals surface area contributed by atoms with Crippen molar-refractivity contribution in [1.82, 2.24) is 14.8 Å². The first-order valence-electron chi connectivity index (χ1n) is 4.99. The maximum atomic E-state index is 11.9. The highest BCUT2D eigenvalue weighted by Crippen LogP contribution is 2.18. The molecule has 5 nitrogen and oxygen atoms in total. The Morgan fingerprint density at radius 1 is 1.65 bits per heavy atom. The van der Waals surface area contributed by atoms with Crippen LogP contribution in [0.5, 0.6) is 0 Å². The second kappa shape index (κ2) is 4.97. The van der Waals surface area contributed by atoms with E-state index in [4.69, 9.17) is 0 Å². The monoisotopic (exact) mass is 314 g/mol. The molecular formula is C10H11BrN4OS. The molecule has 0 aliphatic rings. The molecule has 0 saturated heterocycles. The van der Waals surface area contributed by atoms with Crippen molar-refractivity contribution in [3.63, 3.8) is 0 Å². The van der Waals surface area contributed by atoms with Crippen LogP contribution in [0.1, 0.15) is 18.7 Å². The second-order valence-electron chi connectivity index (χ2n) is 3.54. The summed E-state index contributed by atoms with van der Waals surface area (Å²) in [5.74, 6) is -0.130. The van der Waals surface area contributed by atoms with Gasteiger partial charge in [-0.25, -0.2) is 4.98 Å². The Bertz CT molecular complexity index is 503. The maximum Gasteiger partial charge on any atom is 0.250 e. The van der Waals surface area contributed by atoms with E-state index in [0.717, 1.165) is 10.2 Å². The minimum atomic E-state index is -0.371. The van der Waals surface area contributed by atoms with Crippen molar-refractivity contribution in [3.05, 3.63) is 27.9 Å². The second-order valence-corrected chi connectivity index (χ2v) is 5.29. The zero-order valence-corrected chi connectivity index (χ0v) is 11.7. The molecule has 1 N–H and O–H groups in total. The van der Waals surface area contributed by atoms with Crippen molar-refractivity contribution in [3.8, 4) is 0 Å². The Hall–Kier alpha value is -1.21. The molecule has 2 aromatic rings. The lowest BCUT2D eigenvalue weighted by molar-refractivity contribution is -0.119. The summed E-state index contributed by atoms with van der Waals surface area (Å²) in [4.78, 5) is 15.9. The van der Waals surface area contributed by atoms with Crippen molar-refractivity contribution in [2.45, 2.75) is 19.9 Å². The molecule has 17 heavy (non-hydrogen) atoms. The van der Waals surface area contributed by atoms with Crippen LogP contribution in [0.2, 0.25) is 0 Å². The first kappa shape index (κ1) is 12.3. The van der Waals surface area contributed by atoms with Crippen LogP contribution in [0, 0.1) is 6.92 Å². The molecule has 0 saturated carbocycles. The van der Waals surface area contributed by atoms with Gasteiger partial charge in [-0.3, -0.25) is 9.48 Å². The number of hydrogen-bond donors (Lipinski definition) is 1. The molecular weight excluding hydrogens is 304 g/mol. The Balaban J connectivity index is 2.09. The van der Waals surface area contributed by atoms with Crippen molar-refractivity contribution < 1.29 is 4.79 Å². The summed E-state index contributed by atoms with van der Waals surface area (Å²) in [7, 11) is 0. The number of carbonyl (C=O) groups is 1. The molecule has 0 radical (unpaired) electrons. The molecule has 90 valence electrons. The van der Waals surface area contributed by atoms with Gasteiger partial charge >= 0.3 is 0 Å². The van der Waals surface area contributed by atoms with Crippen LogP contribution in [-0.4, -0.2) is 20.7 Å².